The lowest BCUT2D eigenvalue weighted by Crippen LogP contribution is -2.38. The van der Waals surface area contributed by atoms with Crippen molar-refractivity contribution in [1.29, 1.82) is 0 Å². The van der Waals surface area contributed by atoms with Crippen LogP contribution in [0, 0.1) is 29.4 Å². The third kappa shape index (κ3) is 5.75. The standard InChI is InChI=1S/C23H27F7O/c1-2-3-14-4-6-15(7-5-14)16-8-10-17(11-9-16)23(29,30)31-18-12-19(24)21(20(25)13-18)22(26,27)28/h4,12-13,15-17H,2-3,5-11H2,1H3. The molecule has 1 aromatic carbocycles. The van der Waals surface area contributed by atoms with Gasteiger partial charge in [0.15, 0.2) is 0 Å². The van der Waals surface area contributed by atoms with Gasteiger partial charge in [-0.25, -0.2) is 8.78 Å². The van der Waals surface area contributed by atoms with E-state index in [0.29, 0.717) is 24.7 Å². The van der Waals surface area contributed by atoms with Gasteiger partial charge in [0.1, 0.15) is 22.9 Å². The van der Waals surface area contributed by atoms with Crippen molar-refractivity contribution in [3.8, 4) is 5.75 Å². The molecule has 2 aliphatic carbocycles. The predicted octanol–water partition coefficient (Wildman–Crippen LogP) is 8.29. The molecule has 2 aliphatic rings. The highest BCUT2D eigenvalue weighted by Gasteiger charge is 2.45. The molecule has 1 atom stereocenters. The first-order valence-corrected chi connectivity index (χ1v) is 10.8. The van der Waals surface area contributed by atoms with E-state index in [2.05, 4.69) is 17.7 Å². The maximum atomic E-state index is 14.6. The zero-order valence-corrected chi connectivity index (χ0v) is 17.4. The first kappa shape index (κ1) is 23.9. The Bertz CT molecular complexity index is 769. The van der Waals surface area contributed by atoms with Crippen LogP contribution in [-0.4, -0.2) is 6.11 Å². The minimum Gasteiger partial charge on any atom is -0.432 e. The molecule has 0 aliphatic heterocycles. The largest absolute Gasteiger partial charge is 0.432 e. The number of rotatable bonds is 6. The summed E-state index contributed by atoms with van der Waals surface area (Å²) in [5, 5.41) is 0. The van der Waals surface area contributed by atoms with E-state index in [1.54, 1.807) is 0 Å². The number of allylic oxidation sites excluding steroid dienone is 2. The van der Waals surface area contributed by atoms with Crippen molar-refractivity contribution >= 4 is 0 Å². The molecule has 0 spiro atoms. The van der Waals surface area contributed by atoms with Gasteiger partial charge in [-0.05, 0) is 63.2 Å². The van der Waals surface area contributed by atoms with E-state index < -0.39 is 41.2 Å². The van der Waals surface area contributed by atoms with Crippen LogP contribution < -0.4 is 4.74 Å². The van der Waals surface area contributed by atoms with E-state index in [1.807, 2.05) is 0 Å². The van der Waals surface area contributed by atoms with Crippen molar-refractivity contribution in [1.82, 2.24) is 0 Å². The monoisotopic (exact) mass is 452 g/mol. The Hall–Kier alpha value is -1.73. The lowest BCUT2D eigenvalue weighted by molar-refractivity contribution is -0.224. The van der Waals surface area contributed by atoms with Crippen molar-refractivity contribution in [2.24, 2.45) is 17.8 Å². The second kappa shape index (κ2) is 9.41. The van der Waals surface area contributed by atoms with Crippen LogP contribution in [0.2, 0.25) is 0 Å². The molecule has 0 heterocycles. The fourth-order valence-corrected chi connectivity index (χ4v) is 4.93. The molecule has 0 bridgehead atoms. The van der Waals surface area contributed by atoms with E-state index in [-0.39, 0.29) is 25.0 Å². The minimum absolute atomic E-state index is 0.160. The van der Waals surface area contributed by atoms with Crippen molar-refractivity contribution in [3.05, 3.63) is 41.0 Å². The van der Waals surface area contributed by atoms with E-state index in [4.69, 9.17) is 0 Å². The van der Waals surface area contributed by atoms with Crippen LogP contribution in [0.3, 0.4) is 0 Å². The lowest BCUT2D eigenvalue weighted by atomic mass is 9.71. The highest BCUT2D eigenvalue weighted by atomic mass is 19.4. The van der Waals surface area contributed by atoms with Crippen LogP contribution in [0.1, 0.15) is 70.3 Å². The van der Waals surface area contributed by atoms with Crippen LogP contribution in [0.25, 0.3) is 0 Å². The maximum absolute atomic E-state index is 14.6. The molecule has 1 nitrogen and oxygen atoms in total. The molecule has 174 valence electrons. The molecule has 0 aromatic heterocycles. The zero-order valence-electron chi connectivity index (χ0n) is 17.4. The number of benzene rings is 1. The molecule has 3 rings (SSSR count). The van der Waals surface area contributed by atoms with Gasteiger partial charge in [-0.3, -0.25) is 0 Å². The second-order valence-electron chi connectivity index (χ2n) is 8.68. The van der Waals surface area contributed by atoms with Crippen LogP contribution in [0.5, 0.6) is 5.75 Å². The predicted molar refractivity (Wildman–Crippen MR) is 103 cm³/mol. The zero-order chi connectivity index (χ0) is 22.8. The molecule has 31 heavy (non-hydrogen) atoms. The van der Waals surface area contributed by atoms with Crippen LogP contribution in [-0.2, 0) is 6.18 Å². The molecular weight excluding hydrogens is 425 g/mol. The third-order valence-corrected chi connectivity index (χ3v) is 6.58. The Morgan fingerprint density at radius 1 is 0.903 bits per heavy atom. The van der Waals surface area contributed by atoms with E-state index in [1.165, 1.54) is 5.57 Å². The van der Waals surface area contributed by atoms with Gasteiger partial charge >= 0.3 is 12.3 Å². The average molecular weight is 452 g/mol. The highest BCUT2D eigenvalue weighted by Crippen LogP contribution is 2.45. The Balaban J connectivity index is 1.59. The van der Waals surface area contributed by atoms with Crippen LogP contribution in [0.15, 0.2) is 23.8 Å². The third-order valence-electron chi connectivity index (χ3n) is 6.58. The van der Waals surface area contributed by atoms with Crippen LogP contribution >= 0.6 is 0 Å². The normalized spacial score (nSPS) is 25.3. The fraction of sp³-hybridized carbons (Fsp3) is 0.652. The lowest BCUT2D eigenvalue weighted by Gasteiger charge is -2.37. The molecule has 1 saturated carbocycles. The van der Waals surface area contributed by atoms with Crippen molar-refractivity contribution in [3.63, 3.8) is 0 Å². The second-order valence-corrected chi connectivity index (χ2v) is 8.68. The molecular formula is C23H27F7O. The SMILES string of the molecule is CCCC1=CCC(C2CCC(C(F)(F)Oc3cc(F)c(C(F)(F)F)c(F)c3)CC2)CC1. The summed E-state index contributed by atoms with van der Waals surface area (Å²) >= 11 is 0. The van der Waals surface area contributed by atoms with Gasteiger partial charge in [0.25, 0.3) is 0 Å². The molecule has 1 unspecified atom stereocenters. The smallest absolute Gasteiger partial charge is 0.422 e. The van der Waals surface area contributed by atoms with E-state index in [9.17, 15) is 30.7 Å². The van der Waals surface area contributed by atoms with Gasteiger partial charge in [-0.2, -0.15) is 22.0 Å². The number of hydrogen-bond donors (Lipinski definition) is 0. The van der Waals surface area contributed by atoms with Gasteiger partial charge in [-0.1, -0.05) is 25.0 Å². The Labute approximate surface area is 177 Å². The number of halogens is 7. The summed E-state index contributed by atoms with van der Waals surface area (Å²) < 4.78 is 99.0. The molecule has 8 heteroatoms. The summed E-state index contributed by atoms with van der Waals surface area (Å²) in [4.78, 5) is 0. The van der Waals surface area contributed by atoms with Crippen LogP contribution in [0.4, 0.5) is 30.7 Å². The topological polar surface area (TPSA) is 9.23 Å². The van der Waals surface area contributed by atoms with Gasteiger partial charge < -0.3 is 4.74 Å². The Kier molecular flexibility index (Phi) is 7.26. The summed E-state index contributed by atoms with van der Waals surface area (Å²) in [5.41, 5.74) is -0.643. The van der Waals surface area contributed by atoms with Gasteiger partial charge in [0, 0.05) is 12.1 Å². The summed E-state index contributed by atoms with van der Waals surface area (Å²) in [6.07, 6.45) is 0.247. The fourth-order valence-electron chi connectivity index (χ4n) is 4.93. The maximum Gasteiger partial charge on any atom is 0.422 e. The van der Waals surface area contributed by atoms with Crippen molar-refractivity contribution in [2.75, 3.05) is 0 Å². The molecule has 0 amide bonds. The molecule has 0 radical (unpaired) electrons. The quantitative estimate of drug-likeness (QED) is 0.312. The molecule has 1 aromatic rings. The number of ether oxygens (including phenoxy) is 1. The Morgan fingerprint density at radius 3 is 2.00 bits per heavy atom. The Morgan fingerprint density at radius 2 is 1.52 bits per heavy atom. The van der Waals surface area contributed by atoms with E-state index >= 15 is 0 Å². The first-order chi connectivity index (χ1) is 14.5. The van der Waals surface area contributed by atoms with Gasteiger partial charge in [0.2, 0.25) is 0 Å². The number of alkyl halides is 5. The number of hydrogen-bond acceptors (Lipinski definition) is 1. The van der Waals surface area contributed by atoms with Gasteiger partial charge in [-0.15, -0.1) is 0 Å². The van der Waals surface area contributed by atoms with Gasteiger partial charge in [0.05, 0.1) is 5.92 Å². The summed E-state index contributed by atoms with van der Waals surface area (Å²) in [7, 11) is 0. The summed E-state index contributed by atoms with van der Waals surface area (Å²) in [6, 6.07) is 0.321. The van der Waals surface area contributed by atoms with Crippen molar-refractivity contribution in [2.45, 2.75) is 77.0 Å². The van der Waals surface area contributed by atoms with Crippen molar-refractivity contribution < 1.29 is 35.5 Å². The summed E-state index contributed by atoms with van der Waals surface area (Å²) in [5.74, 6) is -5.21. The molecule has 0 saturated heterocycles. The average Bonchev–Trinajstić information content (AvgIpc) is 2.67. The minimum atomic E-state index is -5.26. The highest BCUT2D eigenvalue weighted by molar-refractivity contribution is 5.32. The molecule has 0 N–H and O–H groups in total. The molecule has 1 fully saturated rings. The van der Waals surface area contributed by atoms with E-state index in [0.717, 1.165) is 32.1 Å². The first-order valence-electron chi connectivity index (χ1n) is 10.8. The summed E-state index contributed by atoms with van der Waals surface area (Å²) in [6.45, 7) is 2.14.